The van der Waals surface area contributed by atoms with Crippen molar-refractivity contribution in [1.29, 1.82) is 0 Å². The van der Waals surface area contributed by atoms with Crippen LogP contribution in [0.1, 0.15) is 0 Å². The third kappa shape index (κ3) is 4.64. The second kappa shape index (κ2) is 12.3. The van der Waals surface area contributed by atoms with Crippen molar-refractivity contribution in [3.8, 4) is 33.6 Å². The van der Waals surface area contributed by atoms with Gasteiger partial charge >= 0.3 is 0 Å². The van der Waals surface area contributed by atoms with E-state index in [-0.39, 0.29) is 0 Å². The molecular formula is C54H32N2S2. The topological polar surface area (TPSA) is 9.86 Å². The number of fused-ring (bicyclic) bond motifs is 13. The van der Waals surface area contributed by atoms with Gasteiger partial charge in [0, 0.05) is 73.3 Å². The van der Waals surface area contributed by atoms with E-state index in [9.17, 15) is 0 Å². The molecule has 0 radical (unpaired) electrons. The molecule has 58 heavy (non-hydrogen) atoms. The molecule has 0 N–H and O–H groups in total. The first-order valence-corrected chi connectivity index (χ1v) is 21.4. The van der Waals surface area contributed by atoms with E-state index in [0.29, 0.717) is 0 Å². The SMILES string of the molecule is c1ccc(-c2ccc(-n3c4ccccc4c4cc(-c5ccc6c(c5)c5ccccc5n6-c5ccc6c(c5)sc5ccc7sc8ccccc8c7c56)ccc43)cc2)cc1. The van der Waals surface area contributed by atoms with E-state index in [1.54, 1.807) is 0 Å². The molecule has 270 valence electrons. The molecule has 0 amide bonds. The average Bonchev–Trinajstić information content (AvgIpc) is 4.03. The molecule has 0 saturated heterocycles. The lowest BCUT2D eigenvalue weighted by Gasteiger charge is -2.10. The second-order valence-corrected chi connectivity index (χ2v) is 17.4. The van der Waals surface area contributed by atoms with Gasteiger partial charge < -0.3 is 9.13 Å². The molecule has 13 rings (SSSR count). The summed E-state index contributed by atoms with van der Waals surface area (Å²) < 4.78 is 10.2. The van der Waals surface area contributed by atoms with Gasteiger partial charge in [-0.1, -0.05) is 115 Å². The number of hydrogen-bond acceptors (Lipinski definition) is 2. The number of para-hydroxylation sites is 2. The van der Waals surface area contributed by atoms with Crippen LogP contribution in [0.25, 0.3) is 118 Å². The van der Waals surface area contributed by atoms with E-state index in [2.05, 4.69) is 203 Å². The van der Waals surface area contributed by atoms with Gasteiger partial charge in [0.05, 0.1) is 22.1 Å². The lowest BCUT2D eigenvalue weighted by atomic mass is 10.0. The normalized spacial score (nSPS) is 12.1. The summed E-state index contributed by atoms with van der Waals surface area (Å²) in [6.45, 7) is 0. The van der Waals surface area contributed by atoms with E-state index in [0.717, 1.165) is 5.69 Å². The molecule has 0 aliphatic rings. The van der Waals surface area contributed by atoms with Gasteiger partial charge in [-0.2, -0.15) is 0 Å². The summed E-state index contributed by atoms with van der Waals surface area (Å²) in [5.74, 6) is 0. The van der Waals surface area contributed by atoms with Gasteiger partial charge in [-0.05, 0) is 101 Å². The summed E-state index contributed by atoms with van der Waals surface area (Å²) in [6, 6.07) is 71.7. The molecule has 0 fully saturated rings. The third-order valence-corrected chi connectivity index (χ3v) is 14.4. The van der Waals surface area contributed by atoms with Crippen LogP contribution in [0.4, 0.5) is 0 Å². The molecule has 0 saturated carbocycles. The quantitative estimate of drug-likeness (QED) is 0.169. The Bertz CT molecular complexity index is 3780. The van der Waals surface area contributed by atoms with Gasteiger partial charge in [-0.15, -0.1) is 22.7 Å². The Kier molecular flexibility index (Phi) is 6.79. The first-order chi connectivity index (χ1) is 28.7. The minimum atomic E-state index is 1.16. The van der Waals surface area contributed by atoms with Crippen LogP contribution in [0.3, 0.4) is 0 Å². The zero-order valence-corrected chi connectivity index (χ0v) is 32.8. The van der Waals surface area contributed by atoms with Gasteiger partial charge in [0.1, 0.15) is 0 Å². The predicted molar refractivity (Wildman–Crippen MR) is 252 cm³/mol. The fraction of sp³-hybridized carbons (Fsp3) is 0. The van der Waals surface area contributed by atoms with Crippen LogP contribution in [0, 0.1) is 0 Å². The maximum absolute atomic E-state index is 2.45. The zero-order chi connectivity index (χ0) is 37.9. The van der Waals surface area contributed by atoms with E-state index in [4.69, 9.17) is 0 Å². The van der Waals surface area contributed by atoms with Crippen molar-refractivity contribution in [2.75, 3.05) is 0 Å². The molecule has 0 aliphatic heterocycles. The van der Waals surface area contributed by atoms with E-state index < -0.39 is 0 Å². The lowest BCUT2D eigenvalue weighted by molar-refractivity contribution is 1.18. The Morgan fingerprint density at radius 2 is 0.724 bits per heavy atom. The highest BCUT2D eigenvalue weighted by molar-refractivity contribution is 7.28. The molecule has 0 aliphatic carbocycles. The number of rotatable bonds is 4. The van der Waals surface area contributed by atoms with Crippen molar-refractivity contribution in [1.82, 2.24) is 9.13 Å². The van der Waals surface area contributed by atoms with Gasteiger partial charge in [0.25, 0.3) is 0 Å². The molecular weight excluding hydrogens is 741 g/mol. The molecule has 4 aromatic heterocycles. The summed E-state index contributed by atoms with van der Waals surface area (Å²) in [7, 11) is 0. The predicted octanol–water partition coefficient (Wildman–Crippen LogP) is 16.0. The Morgan fingerprint density at radius 3 is 1.38 bits per heavy atom. The minimum Gasteiger partial charge on any atom is -0.309 e. The first kappa shape index (κ1) is 32.1. The fourth-order valence-electron chi connectivity index (χ4n) is 9.50. The summed E-state index contributed by atoms with van der Waals surface area (Å²) in [6.07, 6.45) is 0. The van der Waals surface area contributed by atoms with Gasteiger partial charge in [-0.25, -0.2) is 0 Å². The van der Waals surface area contributed by atoms with Crippen LogP contribution in [0.15, 0.2) is 194 Å². The Balaban J connectivity index is 0.943. The summed E-state index contributed by atoms with van der Waals surface area (Å²) in [5.41, 5.74) is 12.1. The maximum atomic E-state index is 2.45. The van der Waals surface area contributed by atoms with Crippen LogP contribution in [-0.2, 0) is 0 Å². The molecule has 2 nitrogen and oxygen atoms in total. The largest absolute Gasteiger partial charge is 0.309 e. The number of nitrogens with zero attached hydrogens (tertiary/aromatic N) is 2. The fourth-order valence-corrected chi connectivity index (χ4v) is 11.8. The van der Waals surface area contributed by atoms with Crippen molar-refractivity contribution in [3.63, 3.8) is 0 Å². The second-order valence-electron chi connectivity index (χ2n) is 15.3. The number of benzene rings is 9. The van der Waals surface area contributed by atoms with Crippen molar-refractivity contribution in [2.45, 2.75) is 0 Å². The van der Waals surface area contributed by atoms with Crippen LogP contribution in [-0.4, -0.2) is 9.13 Å². The Labute approximate surface area is 341 Å². The average molecular weight is 773 g/mol. The summed E-state index contributed by atoms with van der Waals surface area (Å²) >= 11 is 3.79. The summed E-state index contributed by atoms with van der Waals surface area (Å²) in [4.78, 5) is 0. The molecule has 13 aromatic rings. The maximum Gasteiger partial charge on any atom is 0.0541 e. The smallest absolute Gasteiger partial charge is 0.0541 e. The third-order valence-electron chi connectivity index (χ3n) is 12.1. The molecule has 4 heterocycles. The van der Waals surface area contributed by atoms with E-state index in [1.807, 2.05) is 22.7 Å². The number of thiophene rings is 2. The highest BCUT2D eigenvalue weighted by Crippen LogP contribution is 2.46. The minimum absolute atomic E-state index is 1.16. The summed E-state index contributed by atoms with van der Waals surface area (Å²) in [5, 5.41) is 10.5. The molecule has 9 aromatic carbocycles. The van der Waals surface area contributed by atoms with Crippen molar-refractivity contribution in [2.24, 2.45) is 0 Å². The highest BCUT2D eigenvalue weighted by atomic mass is 32.1. The first-order valence-electron chi connectivity index (χ1n) is 19.7. The zero-order valence-electron chi connectivity index (χ0n) is 31.2. The van der Waals surface area contributed by atoms with Crippen molar-refractivity contribution >= 4 is 107 Å². The van der Waals surface area contributed by atoms with E-state index >= 15 is 0 Å². The van der Waals surface area contributed by atoms with Gasteiger partial charge in [-0.3, -0.25) is 0 Å². The monoisotopic (exact) mass is 772 g/mol. The molecule has 0 spiro atoms. The molecule has 0 atom stereocenters. The van der Waals surface area contributed by atoms with E-state index in [1.165, 1.54) is 112 Å². The highest BCUT2D eigenvalue weighted by Gasteiger charge is 2.18. The van der Waals surface area contributed by atoms with Crippen LogP contribution in [0.5, 0.6) is 0 Å². The van der Waals surface area contributed by atoms with Crippen LogP contribution >= 0.6 is 22.7 Å². The molecule has 4 heteroatoms. The van der Waals surface area contributed by atoms with Crippen molar-refractivity contribution < 1.29 is 0 Å². The molecule has 0 bridgehead atoms. The number of hydrogen-bond donors (Lipinski definition) is 0. The Morgan fingerprint density at radius 1 is 0.259 bits per heavy atom. The molecule has 0 unspecified atom stereocenters. The van der Waals surface area contributed by atoms with Crippen molar-refractivity contribution in [3.05, 3.63) is 194 Å². The Hall–Kier alpha value is -6.98. The van der Waals surface area contributed by atoms with Gasteiger partial charge in [0.2, 0.25) is 0 Å². The van der Waals surface area contributed by atoms with Gasteiger partial charge in [0.15, 0.2) is 0 Å². The lowest BCUT2D eigenvalue weighted by Crippen LogP contribution is -1.94. The number of aromatic nitrogens is 2. The standard InChI is InChI=1S/C54H32N2S2/c1-2-10-33(11-3-1)34-18-22-37(23-19-34)55-45-15-7-4-12-39(45)43-30-35(20-26-47(43)55)36-21-27-48-44(31-36)40-13-5-8-16-46(40)56(48)38-24-25-42-52(32-38)58-51-29-28-50-53(54(42)51)41-14-6-9-17-49(41)57-50/h1-32H. The van der Waals surface area contributed by atoms with Crippen LogP contribution < -0.4 is 0 Å². The van der Waals surface area contributed by atoms with Crippen LogP contribution in [0.2, 0.25) is 0 Å².